The maximum absolute atomic E-state index is 4.89. The molecule has 0 unspecified atom stereocenters. The van der Waals surface area contributed by atoms with Gasteiger partial charge in [-0.3, -0.25) is 4.57 Å². The van der Waals surface area contributed by atoms with Crippen molar-refractivity contribution in [2.45, 2.75) is 34.6 Å². The maximum Gasteiger partial charge on any atom is 0.182 e. The first kappa shape index (κ1) is 17.6. The molecule has 0 saturated carbocycles. The second-order valence-corrected chi connectivity index (χ2v) is 7.83. The van der Waals surface area contributed by atoms with E-state index in [1.165, 1.54) is 27.9 Å². The first-order chi connectivity index (χ1) is 13.9. The summed E-state index contributed by atoms with van der Waals surface area (Å²) in [6, 6.07) is 14.8. The first-order valence-corrected chi connectivity index (χ1v) is 9.81. The summed E-state index contributed by atoms with van der Waals surface area (Å²) in [6.07, 6.45) is 1.76. The minimum atomic E-state index is 0.721. The van der Waals surface area contributed by atoms with Crippen molar-refractivity contribution in [1.82, 2.24) is 24.1 Å². The molecule has 0 saturated heterocycles. The zero-order valence-electron chi connectivity index (χ0n) is 17.4. The summed E-state index contributed by atoms with van der Waals surface area (Å²) in [5, 5.41) is 5.74. The summed E-state index contributed by atoms with van der Waals surface area (Å²) < 4.78 is 4.01. The molecule has 5 aromatic rings. The Kier molecular flexibility index (Phi) is 3.81. The number of nitrogens with zero attached hydrogens (tertiary/aromatic N) is 5. The summed E-state index contributed by atoms with van der Waals surface area (Å²) in [5.74, 6) is 0.721. The van der Waals surface area contributed by atoms with Crippen LogP contribution >= 0.6 is 0 Å². The van der Waals surface area contributed by atoms with Crippen molar-refractivity contribution in [2.24, 2.45) is 0 Å². The quantitative estimate of drug-likeness (QED) is 0.418. The van der Waals surface area contributed by atoms with E-state index >= 15 is 0 Å². The summed E-state index contributed by atoms with van der Waals surface area (Å²) in [4.78, 5) is 9.66. The Morgan fingerprint density at radius 3 is 2.41 bits per heavy atom. The molecule has 0 amide bonds. The van der Waals surface area contributed by atoms with Crippen molar-refractivity contribution in [1.29, 1.82) is 0 Å². The van der Waals surface area contributed by atoms with Gasteiger partial charge in [-0.25, -0.2) is 14.5 Å². The molecule has 3 heterocycles. The van der Waals surface area contributed by atoms with Crippen LogP contribution in [0.2, 0.25) is 0 Å². The molecule has 0 aliphatic rings. The SMILES string of the molecule is Cc1cccc(-c2nc3c4c(C)c(C)n(-c5ccc(C)c(C)c5)c4ncn3n2)c1. The maximum atomic E-state index is 4.89. The van der Waals surface area contributed by atoms with Gasteiger partial charge in [-0.1, -0.05) is 29.8 Å². The summed E-state index contributed by atoms with van der Waals surface area (Å²) >= 11 is 0. The van der Waals surface area contributed by atoms with Crippen LogP contribution in [-0.2, 0) is 0 Å². The Morgan fingerprint density at radius 2 is 1.66 bits per heavy atom. The standard InChI is InChI=1S/C24H23N5/c1-14-7-6-8-19(11-14)22-26-24-21-17(4)18(5)29(23(21)25-13-28(24)27-22)20-10-9-15(2)16(3)12-20/h6-13H,1-5H3. The molecule has 0 atom stereocenters. The van der Waals surface area contributed by atoms with E-state index < -0.39 is 0 Å². The second-order valence-electron chi connectivity index (χ2n) is 7.83. The van der Waals surface area contributed by atoms with Crippen LogP contribution in [-0.4, -0.2) is 24.1 Å². The molecule has 2 aromatic carbocycles. The van der Waals surface area contributed by atoms with Gasteiger partial charge in [0.1, 0.15) is 6.33 Å². The van der Waals surface area contributed by atoms with E-state index in [1.54, 1.807) is 10.8 Å². The highest BCUT2D eigenvalue weighted by Gasteiger charge is 2.19. The molecule has 0 radical (unpaired) electrons. The molecular weight excluding hydrogens is 358 g/mol. The lowest BCUT2D eigenvalue weighted by molar-refractivity contribution is 0.926. The first-order valence-electron chi connectivity index (χ1n) is 9.81. The van der Waals surface area contributed by atoms with Crippen molar-refractivity contribution < 1.29 is 0 Å². The number of benzene rings is 2. The number of aromatic nitrogens is 5. The Bertz CT molecular complexity index is 1400. The highest BCUT2D eigenvalue weighted by atomic mass is 15.3. The molecule has 0 aliphatic carbocycles. The number of fused-ring (bicyclic) bond motifs is 3. The van der Waals surface area contributed by atoms with Gasteiger partial charge >= 0.3 is 0 Å². The Labute approximate surface area is 169 Å². The number of rotatable bonds is 2. The fourth-order valence-electron chi connectivity index (χ4n) is 3.95. The van der Waals surface area contributed by atoms with Gasteiger partial charge in [0.05, 0.1) is 5.39 Å². The van der Waals surface area contributed by atoms with E-state index in [9.17, 15) is 0 Å². The van der Waals surface area contributed by atoms with E-state index in [0.717, 1.165) is 33.8 Å². The fraction of sp³-hybridized carbons (Fsp3) is 0.208. The van der Waals surface area contributed by atoms with Gasteiger partial charge in [-0.05, 0) is 69.5 Å². The number of aryl methyl sites for hydroxylation is 4. The van der Waals surface area contributed by atoms with Gasteiger partial charge in [-0.15, -0.1) is 5.10 Å². The zero-order valence-corrected chi connectivity index (χ0v) is 17.4. The van der Waals surface area contributed by atoms with E-state index in [1.807, 2.05) is 12.1 Å². The van der Waals surface area contributed by atoms with Crippen LogP contribution in [0.25, 0.3) is 33.8 Å². The topological polar surface area (TPSA) is 48.0 Å². The fourth-order valence-corrected chi connectivity index (χ4v) is 3.95. The molecule has 3 aromatic heterocycles. The highest BCUT2D eigenvalue weighted by Crippen LogP contribution is 2.31. The second kappa shape index (κ2) is 6.27. The van der Waals surface area contributed by atoms with E-state index in [2.05, 4.69) is 74.6 Å². The molecule has 5 nitrogen and oxygen atoms in total. The van der Waals surface area contributed by atoms with Gasteiger partial charge < -0.3 is 0 Å². The van der Waals surface area contributed by atoms with Crippen LogP contribution in [0, 0.1) is 34.6 Å². The highest BCUT2D eigenvalue weighted by molar-refractivity contribution is 5.95. The van der Waals surface area contributed by atoms with Gasteiger partial charge in [0.15, 0.2) is 17.1 Å². The Balaban J connectivity index is 1.79. The average molecular weight is 381 g/mol. The van der Waals surface area contributed by atoms with Crippen molar-refractivity contribution in [3.8, 4) is 17.1 Å². The molecule has 0 spiro atoms. The minimum absolute atomic E-state index is 0.721. The van der Waals surface area contributed by atoms with Crippen molar-refractivity contribution >= 4 is 16.7 Å². The van der Waals surface area contributed by atoms with Gasteiger partial charge in [0.2, 0.25) is 0 Å². The predicted molar refractivity (Wildman–Crippen MR) is 117 cm³/mol. The summed E-state index contributed by atoms with van der Waals surface area (Å²) in [6.45, 7) is 10.6. The van der Waals surface area contributed by atoms with Crippen LogP contribution in [0.1, 0.15) is 27.9 Å². The van der Waals surface area contributed by atoms with Gasteiger partial charge in [0.25, 0.3) is 0 Å². The molecule has 0 aliphatic heterocycles. The van der Waals surface area contributed by atoms with Crippen LogP contribution in [0.4, 0.5) is 0 Å². The van der Waals surface area contributed by atoms with E-state index in [-0.39, 0.29) is 0 Å². The molecule has 5 heteroatoms. The largest absolute Gasteiger partial charge is 0.298 e. The minimum Gasteiger partial charge on any atom is -0.298 e. The molecule has 144 valence electrons. The van der Waals surface area contributed by atoms with Gasteiger partial charge in [0, 0.05) is 16.9 Å². The normalized spacial score (nSPS) is 11.6. The average Bonchev–Trinajstić information content (AvgIpc) is 3.24. The lowest BCUT2D eigenvalue weighted by Crippen LogP contribution is -2.00. The van der Waals surface area contributed by atoms with E-state index in [0.29, 0.717) is 0 Å². The lowest BCUT2D eigenvalue weighted by atomic mass is 10.1. The third-order valence-electron chi connectivity index (χ3n) is 5.86. The third-order valence-corrected chi connectivity index (χ3v) is 5.86. The molecular formula is C24H23N5. The predicted octanol–water partition coefficient (Wildman–Crippen LogP) is 5.28. The smallest absolute Gasteiger partial charge is 0.182 e. The molecule has 0 fully saturated rings. The van der Waals surface area contributed by atoms with Gasteiger partial charge in [-0.2, -0.15) is 0 Å². The Morgan fingerprint density at radius 1 is 0.828 bits per heavy atom. The van der Waals surface area contributed by atoms with Crippen molar-refractivity contribution in [3.63, 3.8) is 0 Å². The number of hydrogen-bond acceptors (Lipinski definition) is 3. The lowest BCUT2D eigenvalue weighted by Gasteiger charge is -2.10. The Hall–Kier alpha value is -3.47. The molecule has 29 heavy (non-hydrogen) atoms. The van der Waals surface area contributed by atoms with Crippen LogP contribution in [0.3, 0.4) is 0 Å². The molecule has 5 rings (SSSR count). The summed E-state index contributed by atoms with van der Waals surface area (Å²) in [5.41, 5.74) is 10.0. The van der Waals surface area contributed by atoms with Crippen molar-refractivity contribution in [3.05, 3.63) is 76.7 Å². The van der Waals surface area contributed by atoms with Crippen LogP contribution in [0.15, 0.2) is 48.8 Å². The summed E-state index contributed by atoms with van der Waals surface area (Å²) in [7, 11) is 0. The van der Waals surface area contributed by atoms with Crippen LogP contribution < -0.4 is 0 Å². The number of hydrogen-bond donors (Lipinski definition) is 0. The third kappa shape index (κ3) is 2.65. The molecule has 0 bridgehead atoms. The van der Waals surface area contributed by atoms with Crippen molar-refractivity contribution in [2.75, 3.05) is 0 Å². The zero-order chi connectivity index (χ0) is 20.3. The van der Waals surface area contributed by atoms with Crippen LogP contribution in [0.5, 0.6) is 0 Å². The monoisotopic (exact) mass is 381 g/mol. The van der Waals surface area contributed by atoms with E-state index in [4.69, 9.17) is 9.97 Å². The molecule has 0 N–H and O–H groups in total.